The third-order valence-electron chi connectivity index (χ3n) is 5.28. The van der Waals surface area contributed by atoms with E-state index in [-0.39, 0.29) is 5.91 Å². The minimum absolute atomic E-state index is 0.174. The van der Waals surface area contributed by atoms with E-state index in [9.17, 15) is 4.79 Å². The van der Waals surface area contributed by atoms with E-state index < -0.39 is 0 Å². The summed E-state index contributed by atoms with van der Waals surface area (Å²) in [5.74, 6) is 0.731. The lowest BCUT2D eigenvalue weighted by Gasteiger charge is -2.22. The van der Waals surface area contributed by atoms with E-state index in [2.05, 4.69) is 17.9 Å². The first-order valence-corrected chi connectivity index (χ1v) is 9.17. The molecule has 0 atom stereocenters. The Bertz CT molecular complexity index is 754. The zero-order valence-corrected chi connectivity index (χ0v) is 14.4. The highest BCUT2D eigenvalue weighted by Gasteiger charge is 2.28. The Balaban J connectivity index is 1.68. The molecule has 1 aromatic carbocycles. The van der Waals surface area contributed by atoms with Crippen molar-refractivity contribution in [2.24, 2.45) is 0 Å². The Morgan fingerprint density at radius 2 is 2.00 bits per heavy atom. The van der Waals surface area contributed by atoms with Crippen LogP contribution in [0.3, 0.4) is 0 Å². The van der Waals surface area contributed by atoms with Crippen molar-refractivity contribution in [1.82, 2.24) is 14.8 Å². The molecule has 0 N–H and O–H groups in total. The van der Waals surface area contributed by atoms with E-state index in [1.54, 1.807) is 0 Å². The lowest BCUT2D eigenvalue weighted by atomic mass is 10.0. The van der Waals surface area contributed by atoms with Crippen LogP contribution in [0.2, 0.25) is 0 Å². The Hall–Kier alpha value is -1.94. The van der Waals surface area contributed by atoms with Gasteiger partial charge in [-0.2, -0.15) is 0 Å². The topological polar surface area (TPSA) is 36.4 Å². The van der Waals surface area contributed by atoms with Gasteiger partial charge in [-0.3, -0.25) is 9.78 Å². The maximum atomic E-state index is 13.2. The van der Waals surface area contributed by atoms with Gasteiger partial charge in [-0.15, -0.1) is 0 Å². The first-order valence-electron chi connectivity index (χ1n) is 9.17. The Kier molecular flexibility index (Phi) is 4.23. The molecule has 1 saturated heterocycles. The number of para-hydroxylation sites is 1. The van der Waals surface area contributed by atoms with Gasteiger partial charge < -0.3 is 9.80 Å². The van der Waals surface area contributed by atoms with Crippen LogP contribution >= 0.6 is 0 Å². The van der Waals surface area contributed by atoms with Crippen molar-refractivity contribution in [3.63, 3.8) is 0 Å². The number of nitrogens with zero attached hydrogens (tertiary/aromatic N) is 3. The Morgan fingerprint density at radius 1 is 1.17 bits per heavy atom. The number of benzene rings is 1. The first kappa shape index (κ1) is 15.6. The van der Waals surface area contributed by atoms with Crippen LogP contribution < -0.4 is 0 Å². The molecule has 2 aliphatic rings. The molecule has 0 unspecified atom stereocenters. The number of rotatable bonds is 3. The Labute approximate surface area is 143 Å². The minimum atomic E-state index is 0.174. The highest BCUT2D eigenvalue weighted by atomic mass is 16.2. The zero-order chi connectivity index (χ0) is 16.5. The molecule has 4 heteroatoms. The van der Waals surface area contributed by atoms with Crippen molar-refractivity contribution in [2.75, 3.05) is 32.7 Å². The number of amides is 1. The Morgan fingerprint density at radius 3 is 2.79 bits per heavy atom. The summed E-state index contributed by atoms with van der Waals surface area (Å²) in [6.07, 6.45) is 3.46. The summed E-state index contributed by atoms with van der Waals surface area (Å²) in [4.78, 5) is 22.5. The third kappa shape index (κ3) is 3.03. The second-order valence-corrected chi connectivity index (χ2v) is 6.97. The summed E-state index contributed by atoms with van der Waals surface area (Å²) in [6, 6.07) is 10.1. The molecule has 0 spiro atoms. The fourth-order valence-corrected chi connectivity index (χ4v) is 3.62. The van der Waals surface area contributed by atoms with Crippen molar-refractivity contribution >= 4 is 16.8 Å². The average molecular weight is 323 g/mol. The summed E-state index contributed by atoms with van der Waals surface area (Å²) in [7, 11) is 0. The molecule has 2 aromatic rings. The van der Waals surface area contributed by atoms with Gasteiger partial charge in [-0.1, -0.05) is 25.1 Å². The summed E-state index contributed by atoms with van der Waals surface area (Å²) in [5, 5.41) is 0.989. The van der Waals surface area contributed by atoms with Crippen molar-refractivity contribution in [3.05, 3.63) is 41.6 Å². The summed E-state index contributed by atoms with van der Waals surface area (Å²) >= 11 is 0. The van der Waals surface area contributed by atoms with Crippen LogP contribution in [0, 0.1) is 0 Å². The van der Waals surface area contributed by atoms with Gasteiger partial charge in [0, 0.05) is 36.6 Å². The number of carbonyl (C=O) groups excluding carboxylic acids is 1. The van der Waals surface area contributed by atoms with Gasteiger partial charge in [0.05, 0.1) is 11.1 Å². The fourth-order valence-electron chi connectivity index (χ4n) is 3.62. The number of fused-ring (bicyclic) bond motifs is 1. The lowest BCUT2D eigenvalue weighted by Crippen LogP contribution is -2.35. The normalized spacial score (nSPS) is 19.5. The number of carbonyl (C=O) groups is 1. The molecule has 2 heterocycles. The van der Waals surface area contributed by atoms with Crippen LogP contribution in [-0.4, -0.2) is 53.4 Å². The van der Waals surface area contributed by atoms with E-state index in [0.717, 1.165) is 61.3 Å². The summed E-state index contributed by atoms with van der Waals surface area (Å²) in [5.41, 5.74) is 2.89. The predicted molar refractivity (Wildman–Crippen MR) is 96.4 cm³/mol. The molecule has 2 fully saturated rings. The fraction of sp³-hybridized carbons (Fsp3) is 0.500. The molecule has 24 heavy (non-hydrogen) atoms. The molecule has 126 valence electrons. The van der Waals surface area contributed by atoms with Crippen LogP contribution in [0.4, 0.5) is 0 Å². The molecule has 0 radical (unpaired) electrons. The molecule has 1 aromatic heterocycles. The van der Waals surface area contributed by atoms with Gasteiger partial charge in [0.25, 0.3) is 5.91 Å². The van der Waals surface area contributed by atoms with Gasteiger partial charge in [0.15, 0.2) is 0 Å². The molecule has 1 aliphatic heterocycles. The minimum Gasteiger partial charge on any atom is -0.337 e. The maximum Gasteiger partial charge on any atom is 0.254 e. The predicted octanol–water partition coefficient (Wildman–Crippen LogP) is 3.28. The number of hydrogen-bond acceptors (Lipinski definition) is 3. The smallest absolute Gasteiger partial charge is 0.254 e. The van der Waals surface area contributed by atoms with E-state index in [4.69, 9.17) is 4.98 Å². The van der Waals surface area contributed by atoms with Crippen molar-refractivity contribution in [3.8, 4) is 0 Å². The molecule has 1 saturated carbocycles. The van der Waals surface area contributed by atoms with Crippen molar-refractivity contribution < 1.29 is 4.79 Å². The molecule has 4 nitrogen and oxygen atoms in total. The molecular formula is C20H25N3O. The third-order valence-corrected chi connectivity index (χ3v) is 5.28. The molecule has 1 aliphatic carbocycles. The van der Waals surface area contributed by atoms with Crippen LogP contribution in [-0.2, 0) is 0 Å². The van der Waals surface area contributed by atoms with Gasteiger partial charge in [-0.25, -0.2) is 0 Å². The number of likely N-dealkylation sites (N-methyl/N-ethyl adjacent to an activating group) is 1. The number of hydrogen-bond donors (Lipinski definition) is 0. The molecule has 0 bridgehead atoms. The van der Waals surface area contributed by atoms with Crippen LogP contribution in [0.5, 0.6) is 0 Å². The average Bonchev–Trinajstić information content (AvgIpc) is 3.46. The molecule has 4 rings (SSSR count). The highest BCUT2D eigenvalue weighted by molar-refractivity contribution is 6.06. The quantitative estimate of drug-likeness (QED) is 0.870. The second kappa shape index (κ2) is 6.52. The van der Waals surface area contributed by atoms with Crippen LogP contribution in [0.1, 0.15) is 48.2 Å². The van der Waals surface area contributed by atoms with E-state index in [0.29, 0.717) is 5.92 Å². The second-order valence-electron chi connectivity index (χ2n) is 6.97. The van der Waals surface area contributed by atoms with Crippen molar-refractivity contribution in [2.45, 2.75) is 32.1 Å². The van der Waals surface area contributed by atoms with Gasteiger partial charge in [0.1, 0.15) is 0 Å². The summed E-state index contributed by atoms with van der Waals surface area (Å²) in [6.45, 7) is 6.99. The summed E-state index contributed by atoms with van der Waals surface area (Å²) < 4.78 is 0. The van der Waals surface area contributed by atoms with Crippen LogP contribution in [0.15, 0.2) is 30.3 Å². The maximum absolute atomic E-state index is 13.2. The zero-order valence-electron chi connectivity index (χ0n) is 14.4. The molecular weight excluding hydrogens is 298 g/mol. The first-order chi connectivity index (χ1) is 11.8. The van der Waals surface area contributed by atoms with Gasteiger partial charge in [0.2, 0.25) is 0 Å². The standard InChI is InChI=1S/C20H25N3O/c1-2-22-10-5-11-23(13-12-22)20(24)17-14-19(15-8-9-15)21-18-7-4-3-6-16(17)18/h3-4,6-7,14-15H,2,5,8-13H2,1H3. The largest absolute Gasteiger partial charge is 0.337 e. The SMILES string of the molecule is CCN1CCCN(C(=O)c2cc(C3CC3)nc3ccccc23)CC1. The monoisotopic (exact) mass is 323 g/mol. The van der Waals surface area contributed by atoms with E-state index in [1.165, 1.54) is 12.8 Å². The van der Waals surface area contributed by atoms with E-state index in [1.807, 2.05) is 29.2 Å². The van der Waals surface area contributed by atoms with E-state index >= 15 is 0 Å². The van der Waals surface area contributed by atoms with Crippen molar-refractivity contribution in [1.29, 1.82) is 0 Å². The number of pyridine rings is 1. The lowest BCUT2D eigenvalue weighted by molar-refractivity contribution is 0.0763. The van der Waals surface area contributed by atoms with Gasteiger partial charge in [-0.05, 0) is 44.5 Å². The van der Waals surface area contributed by atoms with Crippen LogP contribution in [0.25, 0.3) is 10.9 Å². The highest BCUT2D eigenvalue weighted by Crippen LogP contribution is 2.40. The van der Waals surface area contributed by atoms with Gasteiger partial charge >= 0.3 is 0 Å². The number of aromatic nitrogens is 1. The molecule has 1 amide bonds.